The number of aromatic nitrogens is 4. The second-order valence-corrected chi connectivity index (χ2v) is 7.25. The first-order chi connectivity index (χ1) is 12.5. The summed E-state index contributed by atoms with van der Waals surface area (Å²) in [6.07, 6.45) is 5.09. The number of fused-ring (bicyclic) bond motifs is 1. The van der Waals surface area contributed by atoms with Gasteiger partial charge in [-0.3, -0.25) is 5.10 Å². The maximum absolute atomic E-state index is 14.1. The van der Waals surface area contributed by atoms with Gasteiger partial charge >= 0.3 is 0 Å². The predicted molar refractivity (Wildman–Crippen MR) is 96.9 cm³/mol. The lowest BCUT2D eigenvalue weighted by Crippen LogP contribution is -2.38. The van der Waals surface area contributed by atoms with Crippen LogP contribution in [0.25, 0.3) is 22.4 Å². The molecular formula is C19H21F2N5. The van der Waals surface area contributed by atoms with Gasteiger partial charge in [-0.25, -0.2) is 18.7 Å². The molecule has 3 aromatic rings. The molecule has 0 atom stereocenters. The van der Waals surface area contributed by atoms with E-state index in [1.165, 1.54) is 18.6 Å². The number of hydrogen-bond acceptors (Lipinski definition) is 4. The number of H-pyrrole nitrogens is 1. The van der Waals surface area contributed by atoms with Crippen LogP contribution in [0.2, 0.25) is 0 Å². The summed E-state index contributed by atoms with van der Waals surface area (Å²) < 4.78 is 27.6. The Morgan fingerprint density at radius 3 is 2.73 bits per heavy atom. The SMILES string of the molecule is CCC1(C)CCN(c2cnc3c(-c4cccc(F)c4F)[nH]nc3n2)CC1. The topological polar surface area (TPSA) is 57.7 Å². The van der Waals surface area contributed by atoms with Crippen LogP contribution in [0.3, 0.4) is 0 Å². The van der Waals surface area contributed by atoms with Crippen molar-refractivity contribution in [2.24, 2.45) is 5.41 Å². The van der Waals surface area contributed by atoms with Crippen LogP contribution in [0.1, 0.15) is 33.1 Å². The zero-order valence-electron chi connectivity index (χ0n) is 14.9. The first-order valence-electron chi connectivity index (χ1n) is 8.91. The van der Waals surface area contributed by atoms with Gasteiger partial charge in [0.15, 0.2) is 11.6 Å². The van der Waals surface area contributed by atoms with Gasteiger partial charge in [-0.15, -0.1) is 0 Å². The largest absolute Gasteiger partial charge is 0.355 e. The van der Waals surface area contributed by atoms with Crippen molar-refractivity contribution in [1.82, 2.24) is 20.2 Å². The molecule has 0 aliphatic carbocycles. The minimum atomic E-state index is -0.918. The molecule has 1 aliphatic rings. The van der Waals surface area contributed by atoms with E-state index in [0.29, 0.717) is 22.3 Å². The lowest BCUT2D eigenvalue weighted by molar-refractivity contribution is 0.238. The highest BCUT2D eigenvalue weighted by molar-refractivity contribution is 5.88. The van der Waals surface area contributed by atoms with Gasteiger partial charge in [-0.1, -0.05) is 26.3 Å². The van der Waals surface area contributed by atoms with Gasteiger partial charge in [-0.2, -0.15) is 5.10 Å². The van der Waals surface area contributed by atoms with Gasteiger partial charge in [-0.05, 0) is 30.4 Å². The number of hydrogen-bond donors (Lipinski definition) is 1. The fraction of sp³-hybridized carbons (Fsp3) is 0.421. The molecule has 7 heteroatoms. The van der Waals surface area contributed by atoms with Crippen molar-refractivity contribution in [2.45, 2.75) is 33.1 Å². The van der Waals surface area contributed by atoms with Gasteiger partial charge in [0.1, 0.15) is 11.3 Å². The lowest BCUT2D eigenvalue weighted by atomic mass is 9.78. The molecule has 5 nitrogen and oxygen atoms in total. The van der Waals surface area contributed by atoms with Crippen LogP contribution in [-0.2, 0) is 0 Å². The number of anilines is 1. The van der Waals surface area contributed by atoms with E-state index >= 15 is 0 Å². The number of rotatable bonds is 3. The molecular weight excluding hydrogens is 336 g/mol. The summed E-state index contributed by atoms with van der Waals surface area (Å²) in [7, 11) is 0. The summed E-state index contributed by atoms with van der Waals surface area (Å²) in [5, 5.41) is 6.90. The maximum Gasteiger partial charge on any atom is 0.202 e. The van der Waals surface area contributed by atoms with E-state index in [4.69, 9.17) is 0 Å². The number of nitrogens with zero attached hydrogens (tertiary/aromatic N) is 4. The number of halogens is 2. The summed E-state index contributed by atoms with van der Waals surface area (Å²) in [6, 6.07) is 4.04. The second-order valence-electron chi connectivity index (χ2n) is 7.25. The van der Waals surface area contributed by atoms with E-state index in [9.17, 15) is 8.78 Å². The van der Waals surface area contributed by atoms with Gasteiger partial charge in [0.05, 0.1) is 11.9 Å². The smallest absolute Gasteiger partial charge is 0.202 e. The average Bonchev–Trinajstić information content (AvgIpc) is 3.07. The highest BCUT2D eigenvalue weighted by atomic mass is 19.2. The zero-order chi connectivity index (χ0) is 18.3. The van der Waals surface area contributed by atoms with Crippen molar-refractivity contribution in [3.8, 4) is 11.3 Å². The van der Waals surface area contributed by atoms with E-state index in [0.717, 1.165) is 37.8 Å². The average molecular weight is 357 g/mol. The van der Waals surface area contributed by atoms with Gasteiger partial charge in [0, 0.05) is 18.7 Å². The van der Waals surface area contributed by atoms with Crippen molar-refractivity contribution in [3.63, 3.8) is 0 Å². The Morgan fingerprint density at radius 1 is 1.23 bits per heavy atom. The van der Waals surface area contributed by atoms with E-state index in [-0.39, 0.29) is 5.56 Å². The normalized spacial score (nSPS) is 17.0. The molecule has 26 heavy (non-hydrogen) atoms. The van der Waals surface area contributed by atoms with Gasteiger partial charge in [0.2, 0.25) is 5.65 Å². The van der Waals surface area contributed by atoms with E-state index in [2.05, 4.69) is 38.9 Å². The molecule has 136 valence electrons. The Bertz CT molecular complexity index is 944. The molecule has 0 radical (unpaired) electrons. The third-order valence-corrected chi connectivity index (χ3v) is 5.62. The molecule has 0 unspecified atom stereocenters. The molecule has 0 spiro atoms. The predicted octanol–water partition coefficient (Wildman–Crippen LogP) is 4.31. The highest BCUT2D eigenvalue weighted by Crippen LogP contribution is 2.35. The quantitative estimate of drug-likeness (QED) is 0.759. The standard InChI is InChI=1S/C19H21F2N5/c1-3-19(2)7-9-26(10-8-19)14-11-22-17-16(24-25-18(17)23-14)12-5-4-6-13(20)15(12)21/h4-6,11H,3,7-10H2,1-2H3,(H,23,24,25). The maximum atomic E-state index is 14.1. The van der Waals surface area contributed by atoms with Crippen molar-refractivity contribution >= 4 is 17.0 Å². The van der Waals surface area contributed by atoms with Crippen LogP contribution < -0.4 is 4.90 Å². The Balaban J connectivity index is 1.65. The van der Waals surface area contributed by atoms with E-state index in [1.54, 1.807) is 6.20 Å². The molecule has 0 saturated carbocycles. The van der Waals surface area contributed by atoms with Crippen LogP contribution in [0.5, 0.6) is 0 Å². The molecule has 1 aliphatic heterocycles. The number of nitrogens with one attached hydrogen (secondary N) is 1. The van der Waals surface area contributed by atoms with E-state index in [1.807, 2.05) is 0 Å². The minimum Gasteiger partial charge on any atom is -0.355 e. The first-order valence-corrected chi connectivity index (χ1v) is 8.91. The first kappa shape index (κ1) is 16.9. The zero-order valence-corrected chi connectivity index (χ0v) is 14.9. The van der Waals surface area contributed by atoms with Crippen molar-refractivity contribution in [3.05, 3.63) is 36.0 Å². The summed E-state index contributed by atoms with van der Waals surface area (Å²) >= 11 is 0. The summed E-state index contributed by atoms with van der Waals surface area (Å²) in [5.41, 5.74) is 1.68. The fourth-order valence-electron chi connectivity index (χ4n) is 3.45. The van der Waals surface area contributed by atoms with Crippen LogP contribution >= 0.6 is 0 Å². The molecule has 1 N–H and O–H groups in total. The lowest BCUT2D eigenvalue weighted by Gasteiger charge is -2.39. The Kier molecular flexibility index (Phi) is 4.09. The molecule has 0 amide bonds. The summed E-state index contributed by atoms with van der Waals surface area (Å²) in [4.78, 5) is 11.2. The third-order valence-electron chi connectivity index (χ3n) is 5.62. The monoisotopic (exact) mass is 357 g/mol. The summed E-state index contributed by atoms with van der Waals surface area (Å²) in [5.74, 6) is -1.05. The number of benzene rings is 1. The van der Waals surface area contributed by atoms with Gasteiger partial charge < -0.3 is 4.90 Å². The van der Waals surface area contributed by atoms with Crippen LogP contribution in [0, 0.1) is 17.0 Å². The van der Waals surface area contributed by atoms with Crippen molar-refractivity contribution in [2.75, 3.05) is 18.0 Å². The molecule has 1 saturated heterocycles. The molecule has 1 aromatic carbocycles. The Labute approximate surface area is 150 Å². The summed E-state index contributed by atoms with van der Waals surface area (Å²) in [6.45, 7) is 6.42. The Morgan fingerprint density at radius 2 is 2.00 bits per heavy atom. The highest BCUT2D eigenvalue weighted by Gasteiger charge is 2.29. The van der Waals surface area contributed by atoms with E-state index < -0.39 is 11.6 Å². The number of aromatic amines is 1. The van der Waals surface area contributed by atoms with Gasteiger partial charge in [0.25, 0.3) is 0 Å². The van der Waals surface area contributed by atoms with Crippen LogP contribution in [-0.4, -0.2) is 33.3 Å². The molecule has 1 fully saturated rings. The van der Waals surface area contributed by atoms with Crippen molar-refractivity contribution < 1.29 is 8.78 Å². The Hall–Kier alpha value is -2.57. The van der Waals surface area contributed by atoms with Crippen molar-refractivity contribution in [1.29, 1.82) is 0 Å². The fourth-order valence-corrected chi connectivity index (χ4v) is 3.45. The molecule has 2 aromatic heterocycles. The van der Waals surface area contributed by atoms with Crippen LogP contribution in [0.4, 0.5) is 14.6 Å². The number of piperidine rings is 1. The molecule has 3 heterocycles. The third kappa shape index (κ3) is 2.81. The molecule has 4 rings (SSSR count). The minimum absolute atomic E-state index is 0.103. The molecule has 0 bridgehead atoms. The second kappa shape index (κ2) is 6.30. The van der Waals surface area contributed by atoms with Crippen LogP contribution in [0.15, 0.2) is 24.4 Å².